The maximum Gasteiger partial charge on any atom is 0.157 e. The third-order valence-corrected chi connectivity index (χ3v) is 3.90. The number of fused-ring (bicyclic) bond motifs is 2. The summed E-state index contributed by atoms with van der Waals surface area (Å²) >= 11 is 0. The lowest BCUT2D eigenvalue weighted by molar-refractivity contribution is -0.134. The summed E-state index contributed by atoms with van der Waals surface area (Å²) in [4.78, 5) is 12.1. The molecule has 0 aromatic rings. The summed E-state index contributed by atoms with van der Waals surface area (Å²) in [7, 11) is 3.21. The molecule has 4 nitrogen and oxygen atoms in total. The van der Waals surface area contributed by atoms with Gasteiger partial charge in [0.15, 0.2) is 6.29 Å². The first-order chi connectivity index (χ1) is 8.22. The highest BCUT2D eigenvalue weighted by atomic mass is 16.7. The van der Waals surface area contributed by atoms with Gasteiger partial charge in [0.05, 0.1) is 12.2 Å². The van der Waals surface area contributed by atoms with Crippen LogP contribution < -0.4 is 0 Å². The summed E-state index contributed by atoms with van der Waals surface area (Å²) in [6, 6.07) is 0. The molecule has 0 N–H and O–H groups in total. The average molecular weight is 242 g/mol. The van der Waals surface area contributed by atoms with Crippen molar-refractivity contribution in [2.45, 2.75) is 57.0 Å². The van der Waals surface area contributed by atoms with Gasteiger partial charge in [-0.15, -0.1) is 0 Å². The quantitative estimate of drug-likeness (QED) is 0.667. The fourth-order valence-electron chi connectivity index (χ4n) is 2.92. The molecule has 17 heavy (non-hydrogen) atoms. The van der Waals surface area contributed by atoms with E-state index in [0.717, 1.165) is 25.7 Å². The second-order valence-corrected chi connectivity index (χ2v) is 5.03. The van der Waals surface area contributed by atoms with Gasteiger partial charge in [0.1, 0.15) is 5.78 Å². The summed E-state index contributed by atoms with van der Waals surface area (Å²) in [6.07, 6.45) is 5.72. The molecule has 0 amide bonds. The lowest BCUT2D eigenvalue weighted by atomic mass is 9.89. The lowest BCUT2D eigenvalue weighted by Crippen LogP contribution is -2.30. The van der Waals surface area contributed by atoms with E-state index in [2.05, 4.69) is 0 Å². The zero-order valence-electron chi connectivity index (χ0n) is 10.7. The average Bonchev–Trinajstić information content (AvgIpc) is 2.69. The van der Waals surface area contributed by atoms with Crippen LogP contribution in [-0.4, -0.2) is 38.5 Å². The molecule has 0 aromatic heterocycles. The Hall–Kier alpha value is -0.450. The summed E-state index contributed by atoms with van der Waals surface area (Å²) in [5.74, 6) is 0.555. The predicted molar refractivity (Wildman–Crippen MR) is 62.7 cm³/mol. The molecule has 2 aliphatic heterocycles. The number of ether oxygens (including phenoxy) is 3. The van der Waals surface area contributed by atoms with Gasteiger partial charge in [0.2, 0.25) is 0 Å². The Kier molecular flexibility index (Phi) is 4.54. The zero-order valence-corrected chi connectivity index (χ0v) is 10.7. The van der Waals surface area contributed by atoms with Crippen LogP contribution in [0.1, 0.15) is 38.5 Å². The number of hydrogen-bond donors (Lipinski definition) is 0. The van der Waals surface area contributed by atoms with Crippen LogP contribution in [0.2, 0.25) is 0 Å². The molecule has 0 saturated carbocycles. The number of carbonyl (C=O) groups is 1. The number of Topliss-reactive ketones (excluding diaryl/α,β-unsaturated/α-hetero) is 1. The van der Waals surface area contributed by atoms with Crippen molar-refractivity contribution in [1.29, 1.82) is 0 Å². The van der Waals surface area contributed by atoms with Gasteiger partial charge in [-0.25, -0.2) is 0 Å². The number of ketones is 1. The maximum atomic E-state index is 12.1. The molecule has 2 heterocycles. The highest BCUT2D eigenvalue weighted by Gasteiger charge is 2.37. The largest absolute Gasteiger partial charge is 0.375 e. The molecule has 2 aliphatic rings. The summed E-state index contributed by atoms with van der Waals surface area (Å²) in [5, 5.41) is 0. The topological polar surface area (TPSA) is 44.8 Å². The van der Waals surface area contributed by atoms with Gasteiger partial charge in [0.25, 0.3) is 0 Å². The van der Waals surface area contributed by atoms with Crippen molar-refractivity contribution in [2.24, 2.45) is 5.92 Å². The second kappa shape index (κ2) is 5.94. The first-order valence-electron chi connectivity index (χ1n) is 6.46. The Bertz CT molecular complexity index is 250. The van der Waals surface area contributed by atoms with Gasteiger partial charge >= 0.3 is 0 Å². The van der Waals surface area contributed by atoms with E-state index in [-0.39, 0.29) is 12.2 Å². The van der Waals surface area contributed by atoms with E-state index in [4.69, 9.17) is 14.2 Å². The Labute approximate surface area is 103 Å². The number of methoxy groups -OCH3 is 2. The van der Waals surface area contributed by atoms with Crippen molar-refractivity contribution in [3.8, 4) is 0 Å². The van der Waals surface area contributed by atoms with E-state index in [1.807, 2.05) is 0 Å². The van der Waals surface area contributed by atoms with Crippen molar-refractivity contribution in [1.82, 2.24) is 0 Å². The van der Waals surface area contributed by atoms with Gasteiger partial charge < -0.3 is 14.2 Å². The molecular weight excluding hydrogens is 220 g/mol. The van der Waals surface area contributed by atoms with E-state index < -0.39 is 0 Å². The molecule has 98 valence electrons. The molecule has 2 fully saturated rings. The molecule has 2 saturated heterocycles. The van der Waals surface area contributed by atoms with E-state index in [1.54, 1.807) is 14.2 Å². The van der Waals surface area contributed by atoms with Gasteiger partial charge in [-0.1, -0.05) is 0 Å². The van der Waals surface area contributed by atoms with Crippen LogP contribution in [0.4, 0.5) is 0 Å². The molecule has 4 heteroatoms. The van der Waals surface area contributed by atoms with E-state index in [1.165, 1.54) is 0 Å². The number of rotatable bonds is 6. The Morgan fingerprint density at radius 1 is 1.24 bits per heavy atom. The van der Waals surface area contributed by atoms with Crippen LogP contribution in [0.5, 0.6) is 0 Å². The first-order valence-corrected chi connectivity index (χ1v) is 6.46. The third kappa shape index (κ3) is 3.27. The lowest BCUT2D eigenvalue weighted by Gasteiger charge is -2.27. The molecule has 0 aromatic carbocycles. The Balaban J connectivity index is 1.76. The Morgan fingerprint density at radius 3 is 2.35 bits per heavy atom. The van der Waals surface area contributed by atoms with Crippen LogP contribution in [0.15, 0.2) is 0 Å². The van der Waals surface area contributed by atoms with Crippen LogP contribution >= 0.6 is 0 Å². The summed E-state index contributed by atoms with van der Waals surface area (Å²) in [6.45, 7) is 0. The van der Waals surface area contributed by atoms with E-state index in [9.17, 15) is 4.79 Å². The van der Waals surface area contributed by atoms with Gasteiger partial charge in [-0.3, -0.25) is 4.79 Å². The number of carbonyl (C=O) groups excluding carboxylic acids is 1. The van der Waals surface area contributed by atoms with Crippen molar-refractivity contribution in [2.75, 3.05) is 14.2 Å². The standard InChI is InChI=1S/C13H22O4/c1-15-13(16-2)6-5-12(14)9-7-10-3-4-11(8-9)17-10/h9-11,13H,3-8H2,1-2H3. The minimum atomic E-state index is -0.254. The van der Waals surface area contributed by atoms with Gasteiger partial charge in [-0.05, 0) is 25.7 Å². The molecule has 2 atom stereocenters. The van der Waals surface area contributed by atoms with Crippen LogP contribution in [0, 0.1) is 5.92 Å². The normalized spacial score (nSPS) is 32.1. The Morgan fingerprint density at radius 2 is 1.82 bits per heavy atom. The van der Waals surface area contributed by atoms with Crippen LogP contribution in [0.25, 0.3) is 0 Å². The highest BCUT2D eigenvalue weighted by molar-refractivity contribution is 5.81. The van der Waals surface area contributed by atoms with Crippen molar-refractivity contribution in [3.63, 3.8) is 0 Å². The number of hydrogen-bond acceptors (Lipinski definition) is 4. The van der Waals surface area contributed by atoms with Crippen LogP contribution in [0.3, 0.4) is 0 Å². The van der Waals surface area contributed by atoms with Crippen molar-refractivity contribution >= 4 is 5.78 Å². The zero-order chi connectivity index (χ0) is 12.3. The predicted octanol–water partition coefficient (Wildman–Crippen LogP) is 1.91. The molecule has 2 unspecified atom stereocenters. The summed E-state index contributed by atoms with van der Waals surface area (Å²) in [5.41, 5.74) is 0. The van der Waals surface area contributed by atoms with Crippen molar-refractivity contribution in [3.05, 3.63) is 0 Å². The van der Waals surface area contributed by atoms with Gasteiger partial charge in [0, 0.05) is 33.0 Å². The highest BCUT2D eigenvalue weighted by Crippen LogP contribution is 2.36. The fourth-order valence-corrected chi connectivity index (χ4v) is 2.92. The first kappa shape index (κ1) is 13.0. The molecule has 2 rings (SSSR count). The second-order valence-electron chi connectivity index (χ2n) is 5.03. The van der Waals surface area contributed by atoms with Crippen molar-refractivity contribution < 1.29 is 19.0 Å². The summed E-state index contributed by atoms with van der Waals surface area (Å²) < 4.78 is 15.9. The monoisotopic (exact) mass is 242 g/mol. The third-order valence-electron chi connectivity index (χ3n) is 3.90. The maximum absolute atomic E-state index is 12.1. The minimum Gasteiger partial charge on any atom is -0.375 e. The molecule has 2 bridgehead atoms. The molecule has 0 radical (unpaired) electrons. The molecule has 0 spiro atoms. The smallest absolute Gasteiger partial charge is 0.157 e. The van der Waals surface area contributed by atoms with Crippen LogP contribution in [-0.2, 0) is 19.0 Å². The fraction of sp³-hybridized carbons (Fsp3) is 0.923. The van der Waals surface area contributed by atoms with E-state index in [0.29, 0.717) is 30.8 Å². The molecular formula is C13H22O4. The van der Waals surface area contributed by atoms with E-state index >= 15 is 0 Å². The molecule has 0 aliphatic carbocycles. The minimum absolute atomic E-state index is 0.204. The SMILES string of the molecule is COC(CCC(=O)C1CC2CCC(C1)O2)OC. The van der Waals surface area contributed by atoms with Gasteiger partial charge in [-0.2, -0.15) is 0 Å².